The van der Waals surface area contributed by atoms with Crippen LogP contribution in [0, 0.1) is 17.1 Å². The summed E-state index contributed by atoms with van der Waals surface area (Å²) in [5, 5.41) is 11.3. The van der Waals surface area contributed by atoms with Crippen LogP contribution >= 0.6 is 11.6 Å². The molecule has 1 unspecified atom stereocenters. The van der Waals surface area contributed by atoms with Gasteiger partial charge in [0.15, 0.2) is 5.96 Å². The zero-order chi connectivity index (χ0) is 31.0. The van der Waals surface area contributed by atoms with E-state index in [1.165, 1.54) is 6.07 Å². The smallest absolute Gasteiger partial charge is 0.257 e. The fourth-order valence-electron chi connectivity index (χ4n) is 5.37. The van der Waals surface area contributed by atoms with Gasteiger partial charge in [-0.15, -0.1) is 0 Å². The van der Waals surface area contributed by atoms with Gasteiger partial charge in [-0.2, -0.15) is 0 Å². The number of amides is 2. The first-order valence-electron chi connectivity index (χ1n) is 13.9. The SMILES string of the molecule is CN(c1ccc(C(=O)NC(=N)N2CCC(C(N)=O)C2)cc1)c1ncc2c(n1)-c1ccc(Cl)cc1C(c1ccccc1F)=NC2. The van der Waals surface area contributed by atoms with Crippen LogP contribution in [0.4, 0.5) is 16.0 Å². The normalized spacial score (nSPS) is 15.5. The number of carbonyl (C=O) groups excluding carboxylic acids is 2. The van der Waals surface area contributed by atoms with Crippen molar-refractivity contribution in [1.82, 2.24) is 20.2 Å². The average molecular weight is 611 g/mol. The topological polar surface area (TPSA) is 141 Å². The van der Waals surface area contributed by atoms with Gasteiger partial charge >= 0.3 is 0 Å². The van der Waals surface area contributed by atoms with E-state index in [0.29, 0.717) is 58.6 Å². The highest BCUT2D eigenvalue weighted by molar-refractivity contribution is 6.31. The summed E-state index contributed by atoms with van der Waals surface area (Å²) >= 11 is 6.38. The molecular weight excluding hydrogens is 583 g/mol. The summed E-state index contributed by atoms with van der Waals surface area (Å²) in [6.07, 6.45) is 2.27. The lowest BCUT2D eigenvalue weighted by Gasteiger charge is -2.20. The molecule has 1 aromatic heterocycles. The monoisotopic (exact) mass is 610 g/mol. The molecule has 0 saturated carbocycles. The molecule has 10 nitrogen and oxygen atoms in total. The Labute approximate surface area is 257 Å². The Morgan fingerprint density at radius 3 is 2.59 bits per heavy atom. The van der Waals surface area contributed by atoms with Crippen molar-refractivity contribution in [1.29, 1.82) is 5.41 Å². The number of halogens is 2. The second-order valence-electron chi connectivity index (χ2n) is 10.6. The van der Waals surface area contributed by atoms with Gasteiger partial charge in [0.1, 0.15) is 5.82 Å². The van der Waals surface area contributed by atoms with Crippen LogP contribution in [0.25, 0.3) is 11.3 Å². The highest BCUT2D eigenvalue weighted by Crippen LogP contribution is 2.35. The van der Waals surface area contributed by atoms with Gasteiger partial charge in [0.25, 0.3) is 5.91 Å². The Bertz CT molecular complexity index is 1830. The van der Waals surface area contributed by atoms with Gasteiger partial charge < -0.3 is 15.5 Å². The summed E-state index contributed by atoms with van der Waals surface area (Å²) in [5.41, 5.74) is 10.2. The number of hydrogen-bond donors (Lipinski definition) is 3. The lowest BCUT2D eigenvalue weighted by molar-refractivity contribution is -0.121. The molecule has 4 aromatic rings. The van der Waals surface area contributed by atoms with Crippen molar-refractivity contribution in [2.75, 3.05) is 25.0 Å². The van der Waals surface area contributed by atoms with Gasteiger partial charge in [-0.25, -0.2) is 14.4 Å². The molecule has 2 aliphatic rings. The molecule has 12 heteroatoms. The average Bonchev–Trinajstić information content (AvgIpc) is 3.48. The van der Waals surface area contributed by atoms with E-state index < -0.39 is 11.8 Å². The first-order chi connectivity index (χ1) is 21.2. The van der Waals surface area contributed by atoms with Crippen molar-refractivity contribution in [3.63, 3.8) is 0 Å². The zero-order valence-electron chi connectivity index (χ0n) is 23.7. The van der Waals surface area contributed by atoms with Crippen LogP contribution < -0.4 is 16.0 Å². The highest BCUT2D eigenvalue weighted by atomic mass is 35.5. The number of aliphatic imine (C=N–C) groups is 1. The third-order valence-electron chi connectivity index (χ3n) is 7.84. The third-order valence-corrected chi connectivity index (χ3v) is 8.07. The van der Waals surface area contributed by atoms with Crippen LogP contribution in [0.1, 0.15) is 33.5 Å². The number of nitrogens with one attached hydrogen (secondary N) is 2. The number of aromatic nitrogens is 2. The molecule has 0 radical (unpaired) electrons. The Balaban J connectivity index is 1.23. The maximum Gasteiger partial charge on any atom is 0.257 e. The molecule has 222 valence electrons. The molecule has 44 heavy (non-hydrogen) atoms. The standard InChI is InChI=1S/C32H28ClFN8O2/c1-41(22-9-6-18(7-10-22)30(44)40-31(36)42-13-12-19(17-42)29(35)43)32-38-16-20-15-37-28(24-4-2-3-5-26(24)34)25-14-21(33)8-11-23(25)27(20)39-32/h2-11,14,16,19H,12-13,15,17H2,1H3,(H2,35,43)(H2,36,40,44). The van der Waals surface area contributed by atoms with E-state index >= 15 is 0 Å². The Kier molecular flexibility index (Phi) is 7.79. The fourth-order valence-corrected chi connectivity index (χ4v) is 5.54. The van der Waals surface area contributed by atoms with Gasteiger partial charge in [-0.1, -0.05) is 29.8 Å². The number of carbonyl (C=O) groups is 2. The Morgan fingerprint density at radius 2 is 1.86 bits per heavy atom. The molecule has 3 heterocycles. The molecule has 2 amide bonds. The second-order valence-corrected chi connectivity index (χ2v) is 11.1. The molecule has 1 saturated heterocycles. The minimum atomic E-state index is -0.436. The molecule has 1 fully saturated rings. The molecule has 2 aliphatic heterocycles. The number of rotatable bonds is 5. The summed E-state index contributed by atoms with van der Waals surface area (Å²) < 4.78 is 14.8. The third kappa shape index (κ3) is 5.61. The minimum Gasteiger partial charge on any atom is -0.369 e. The summed E-state index contributed by atoms with van der Waals surface area (Å²) in [5.74, 6) is -1.20. The second kappa shape index (κ2) is 11.8. The molecule has 0 spiro atoms. The maximum atomic E-state index is 14.8. The number of hydrogen-bond acceptors (Lipinski definition) is 7. The molecular formula is C32H28ClFN8O2. The van der Waals surface area contributed by atoms with Crippen LogP contribution in [-0.4, -0.2) is 58.5 Å². The molecule has 3 aromatic carbocycles. The van der Waals surface area contributed by atoms with Crippen molar-refractivity contribution < 1.29 is 14.0 Å². The zero-order valence-corrected chi connectivity index (χ0v) is 24.5. The predicted octanol–water partition coefficient (Wildman–Crippen LogP) is 4.53. The number of primary amides is 1. The molecule has 1 atom stereocenters. The maximum absolute atomic E-state index is 14.8. The number of likely N-dealkylation sites (tertiary alicyclic amines) is 1. The summed E-state index contributed by atoms with van der Waals surface area (Å²) in [7, 11) is 1.82. The Hall–Kier alpha value is -5.16. The lowest BCUT2D eigenvalue weighted by Crippen LogP contribution is -2.43. The van der Waals surface area contributed by atoms with Crippen LogP contribution in [0.5, 0.6) is 0 Å². The van der Waals surface area contributed by atoms with E-state index in [9.17, 15) is 14.0 Å². The van der Waals surface area contributed by atoms with Gasteiger partial charge in [0.05, 0.1) is 23.9 Å². The molecule has 0 bridgehead atoms. The number of anilines is 2. The van der Waals surface area contributed by atoms with Crippen molar-refractivity contribution in [2.45, 2.75) is 13.0 Å². The fraction of sp³-hybridized carbons (Fsp3) is 0.188. The van der Waals surface area contributed by atoms with Gasteiger partial charge in [0, 0.05) is 64.9 Å². The van der Waals surface area contributed by atoms with Crippen LogP contribution in [-0.2, 0) is 11.3 Å². The highest BCUT2D eigenvalue weighted by Gasteiger charge is 2.29. The number of nitrogens with two attached hydrogens (primary N) is 1. The first-order valence-corrected chi connectivity index (χ1v) is 14.3. The van der Waals surface area contributed by atoms with Crippen molar-refractivity contribution in [3.05, 3.63) is 106 Å². The van der Waals surface area contributed by atoms with E-state index in [0.717, 1.165) is 16.8 Å². The minimum absolute atomic E-state index is 0.0676. The van der Waals surface area contributed by atoms with Gasteiger partial charge in [-0.05, 0) is 55.0 Å². The largest absolute Gasteiger partial charge is 0.369 e. The van der Waals surface area contributed by atoms with Crippen LogP contribution in [0.2, 0.25) is 5.02 Å². The van der Waals surface area contributed by atoms with E-state index in [2.05, 4.69) is 10.3 Å². The van der Waals surface area contributed by atoms with E-state index in [1.54, 1.807) is 70.6 Å². The number of nitrogens with zero attached hydrogens (tertiary/aromatic N) is 5. The molecule has 6 rings (SSSR count). The van der Waals surface area contributed by atoms with E-state index in [4.69, 9.17) is 32.7 Å². The van der Waals surface area contributed by atoms with E-state index in [1.807, 2.05) is 13.1 Å². The van der Waals surface area contributed by atoms with Crippen molar-refractivity contribution in [3.8, 4) is 11.3 Å². The van der Waals surface area contributed by atoms with Crippen LogP contribution in [0.3, 0.4) is 0 Å². The Morgan fingerprint density at radius 1 is 1.09 bits per heavy atom. The van der Waals surface area contributed by atoms with Gasteiger partial charge in [0.2, 0.25) is 11.9 Å². The number of guanidine groups is 1. The quantitative estimate of drug-likeness (QED) is 0.224. The molecule has 4 N–H and O–H groups in total. The van der Waals surface area contributed by atoms with Crippen molar-refractivity contribution >= 4 is 46.7 Å². The lowest BCUT2D eigenvalue weighted by atomic mass is 9.95. The summed E-state index contributed by atoms with van der Waals surface area (Å²) in [6, 6.07) is 18.7. The summed E-state index contributed by atoms with van der Waals surface area (Å²) in [4.78, 5) is 41.9. The predicted molar refractivity (Wildman–Crippen MR) is 167 cm³/mol. The van der Waals surface area contributed by atoms with Crippen molar-refractivity contribution in [2.24, 2.45) is 16.6 Å². The summed E-state index contributed by atoms with van der Waals surface area (Å²) in [6.45, 7) is 1.05. The van der Waals surface area contributed by atoms with Gasteiger partial charge in [-0.3, -0.25) is 25.3 Å². The number of benzene rings is 3. The first kappa shape index (κ1) is 28.9. The van der Waals surface area contributed by atoms with E-state index in [-0.39, 0.29) is 24.2 Å². The molecule has 0 aliphatic carbocycles. The van der Waals surface area contributed by atoms with Crippen LogP contribution in [0.15, 0.2) is 77.9 Å². The number of fused-ring (bicyclic) bond motifs is 3.